The molecule has 0 fully saturated rings. The maximum absolute atomic E-state index is 5.31. The molecule has 90 valence electrons. The number of aromatic nitrogens is 3. The number of rotatable bonds is 4. The molecule has 0 saturated carbocycles. The Kier molecular flexibility index (Phi) is 3.74. The Morgan fingerprint density at radius 2 is 2.06 bits per heavy atom. The number of nitrogens with zero attached hydrogens (tertiary/aromatic N) is 2. The zero-order valence-electron chi connectivity index (χ0n) is 10.2. The Hall–Kier alpha value is -1.42. The molecular weight excluding hydrogens is 230 g/mol. The van der Waals surface area contributed by atoms with Crippen molar-refractivity contribution in [2.45, 2.75) is 32.7 Å². The Bertz CT molecular complexity index is 527. The Morgan fingerprint density at radius 1 is 1.35 bits per heavy atom. The van der Waals surface area contributed by atoms with E-state index < -0.39 is 0 Å². The van der Waals surface area contributed by atoms with E-state index in [-0.39, 0.29) is 6.04 Å². The normalized spacial score (nSPS) is 12.6. The van der Waals surface area contributed by atoms with Gasteiger partial charge < -0.3 is 0 Å². The summed E-state index contributed by atoms with van der Waals surface area (Å²) in [6.45, 7) is 4.30. The molecule has 0 amide bonds. The highest BCUT2D eigenvalue weighted by atomic mass is 32.1. The second kappa shape index (κ2) is 5.27. The van der Waals surface area contributed by atoms with Crippen LogP contribution in [0.3, 0.4) is 0 Å². The van der Waals surface area contributed by atoms with Crippen LogP contribution in [-0.2, 0) is 6.42 Å². The molecule has 3 nitrogen and oxygen atoms in total. The van der Waals surface area contributed by atoms with Gasteiger partial charge in [-0.15, -0.1) is 0 Å². The molecule has 0 aliphatic rings. The van der Waals surface area contributed by atoms with Gasteiger partial charge in [0.05, 0.1) is 6.04 Å². The minimum atomic E-state index is 0.226. The van der Waals surface area contributed by atoms with Gasteiger partial charge >= 0.3 is 0 Å². The Balaban J connectivity index is 2.40. The average Bonchev–Trinajstić information content (AvgIpc) is 2.71. The smallest absolute Gasteiger partial charge is 0.195 e. The summed E-state index contributed by atoms with van der Waals surface area (Å²) in [5.41, 5.74) is 1.25. The van der Waals surface area contributed by atoms with Crippen molar-refractivity contribution in [3.8, 4) is 0 Å². The van der Waals surface area contributed by atoms with E-state index >= 15 is 0 Å². The number of aromatic amines is 1. The molecule has 0 aliphatic carbocycles. The van der Waals surface area contributed by atoms with Crippen molar-refractivity contribution >= 4 is 12.2 Å². The van der Waals surface area contributed by atoms with Gasteiger partial charge in [-0.05, 0) is 31.1 Å². The molecule has 1 aromatic carbocycles. The van der Waals surface area contributed by atoms with Crippen molar-refractivity contribution < 1.29 is 0 Å². The molecule has 17 heavy (non-hydrogen) atoms. The van der Waals surface area contributed by atoms with Gasteiger partial charge in [-0.25, -0.2) is 0 Å². The van der Waals surface area contributed by atoms with Crippen molar-refractivity contribution in [1.82, 2.24) is 14.8 Å². The van der Waals surface area contributed by atoms with E-state index in [0.29, 0.717) is 4.77 Å². The predicted molar refractivity (Wildman–Crippen MR) is 71.7 cm³/mol. The first-order valence-corrected chi connectivity index (χ1v) is 6.35. The van der Waals surface area contributed by atoms with E-state index in [1.165, 1.54) is 5.56 Å². The lowest BCUT2D eigenvalue weighted by Crippen LogP contribution is -2.10. The lowest BCUT2D eigenvalue weighted by Gasteiger charge is -2.15. The van der Waals surface area contributed by atoms with Crippen molar-refractivity contribution in [3.63, 3.8) is 0 Å². The summed E-state index contributed by atoms with van der Waals surface area (Å²) in [6.07, 6.45) is 2.02. The van der Waals surface area contributed by atoms with E-state index in [1.54, 1.807) is 0 Å². The highest BCUT2D eigenvalue weighted by Crippen LogP contribution is 2.19. The van der Waals surface area contributed by atoms with E-state index in [1.807, 2.05) is 6.07 Å². The van der Waals surface area contributed by atoms with Crippen LogP contribution in [0.25, 0.3) is 0 Å². The maximum Gasteiger partial charge on any atom is 0.195 e. The fourth-order valence-electron chi connectivity index (χ4n) is 2.02. The number of H-pyrrole nitrogens is 1. The fourth-order valence-corrected chi connectivity index (χ4v) is 2.33. The third-order valence-corrected chi connectivity index (χ3v) is 3.21. The van der Waals surface area contributed by atoms with Crippen LogP contribution in [0, 0.1) is 4.77 Å². The molecule has 1 N–H and O–H groups in total. The zero-order chi connectivity index (χ0) is 12.3. The first kappa shape index (κ1) is 12.0. The number of hydrogen-bond acceptors (Lipinski definition) is 2. The lowest BCUT2D eigenvalue weighted by atomic mass is 10.1. The van der Waals surface area contributed by atoms with Crippen LogP contribution in [0.5, 0.6) is 0 Å². The van der Waals surface area contributed by atoms with Gasteiger partial charge in [-0.3, -0.25) is 9.67 Å². The van der Waals surface area contributed by atoms with Crippen molar-refractivity contribution in [1.29, 1.82) is 0 Å². The third kappa shape index (κ3) is 2.47. The van der Waals surface area contributed by atoms with Crippen molar-refractivity contribution in [3.05, 3.63) is 46.5 Å². The largest absolute Gasteiger partial charge is 0.297 e. The molecule has 4 heteroatoms. The molecule has 2 aromatic rings. The van der Waals surface area contributed by atoms with E-state index in [4.69, 9.17) is 12.2 Å². The van der Waals surface area contributed by atoms with Crippen LogP contribution >= 0.6 is 12.2 Å². The van der Waals surface area contributed by atoms with Gasteiger partial charge in [-0.2, -0.15) is 5.10 Å². The minimum Gasteiger partial charge on any atom is -0.297 e. The van der Waals surface area contributed by atoms with Crippen LogP contribution in [0.2, 0.25) is 0 Å². The summed E-state index contributed by atoms with van der Waals surface area (Å²) < 4.78 is 2.80. The van der Waals surface area contributed by atoms with Gasteiger partial charge in [0.25, 0.3) is 0 Å². The number of hydrogen-bond donors (Lipinski definition) is 1. The molecule has 1 aromatic heterocycles. The second-order valence-electron chi connectivity index (χ2n) is 4.15. The van der Waals surface area contributed by atoms with E-state index in [0.717, 1.165) is 18.7 Å². The highest BCUT2D eigenvalue weighted by molar-refractivity contribution is 7.71. The van der Waals surface area contributed by atoms with Crippen LogP contribution in [-0.4, -0.2) is 14.8 Å². The molecular formula is C13H17N3S. The van der Waals surface area contributed by atoms with Gasteiger partial charge in [0.15, 0.2) is 4.77 Å². The fraction of sp³-hybridized carbons (Fsp3) is 0.385. The van der Waals surface area contributed by atoms with E-state index in [9.17, 15) is 0 Å². The van der Waals surface area contributed by atoms with Gasteiger partial charge in [0.2, 0.25) is 0 Å². The number of aryl methyl sites for hydroxylation is 1. The molecule has 0 bridgehead atoms. The Morgan fingerprint density at radius 3 is 2.71 bits per heavy atom. The topological polar surface area (TPSA) is 33.6 Å². The standard InChI is InChI=1S/C13H17N3S/c1-3-7-12-14-15-13(17)16(12)10(2)11-8-5-4-6-9-11/h4-6,8-10H,3,7H2,1-2H3,(H,15,17)/t10-/m1/s1. The SMILES string of the molecule is CCCc1n[nH]c(=S)n1[C@H](C)c1ccccc1. The summed E-state index contributed by atoms with van der Waals surface area (Å²) in [5, 5.41) is 7.19. The first-order valence-electron chi connectivity index (χ1n) is 5.94. The quantitative estimate of drug-likeness (QED) is 0.839. The molecule has 0 radical (unpaired) electrons. The van der Waals surface area contributed by atoms with Gasteiger partial charge in [0.1, 0.15) is 5.82 Å². The summed E-state index contributed by atoms with van der Waals surface area (Å²) in [6, 6.07) is 10.6. The van der Waals surface area contributed by atoms with Crippen molar-refractivity contribution in [2.24, 2.45) is 0 Å². The summed E-state index contributed by atoms with van der Waals surface area (Å²) in [7, 11) is 0. The van der Waals surface area contributed by atoms with Gasteiger partial charge in [-0.1, -0.05) is 37.3 Å². The second-order valence-corrected chi connectivity index (χ2v) is 4.54. The molecule has 0 aliphatic heterocycles. The third-order valence-electron chi connectivity index (χ3n) is 2.92. The summed E-state index contributed by atoms with van der Waals surface area (Å²) in [4.78, 5) is 0. The first-order chi connectivity index (χ1) is 8.24. The number of benzene rings is 1. The van der Waals surface area contributed by atoms with Crippen LogP contribution in [0.15, 0.2) is 30.3 Å². The molecule has 0 saturated heterocycles. The van der Waals surface area contributed by atoms with Crippen molar-refractivity contribution in [2.75, 3.05) is 0 Å². The molecule has 1 heterocycles. The highest BCUT2D eigenvalue weighted by Gasteiger charge is 2.13. The summed E-state index contributed by atoms with van der Waals surface area (Å²) >= 11 is 5.31. The monoisotopic (exact) mass is 247 g/mol. The lowest BCUT2D eigenvalue weighted by molar-refractivity contribution is 0.589. The zero-order valence-corrected chi connectivity index (χ0v) is 11.0. The van der Waals surface area contributed by atoms with Crippen LogP contribution in [0.4, 0.5) is 0 Å². The molecule has 0 spiro atoms. The summed E-state index contributed by atoms with van der Waals surface area (Å²) in [5.74, 6) is 1.04. The van der Waals surface area contributed by atoms with E-state index in [2.05, 4.69) is 52.9 Å². The average molecular weight is 247 g/mol. The van der Waals surface area contributed by atoms with Crippen LogP contribution < -0.4 is 0 Å². The van der Waals surface area contributed by atoms with Gasteiger partial charge in [0, 0.05) is 6.42 Å². The maximum atomic E-state index is 5.31. The Labute approximate surface area is 106 Å². The predicted octanol–water partition coefficient (Wildman–Crippen LogP) is 3.50. The molecule has 1 atom stereocenters. The van der Waals surface area contributed by atoms with Crippen LogP contribution in [0.1, 0.15) is 37.7 Å². The molecule has 0 unspecified atom stereocenters. The molecule has 2 rings (SSSR count). The number of nitrogens with one attached hydrogen (secondary N) is 1. The minimum absolute atomic E-state index is 0.226.